The van der Waals surface area contributed by atoms with Crippen LogP contribution in [0, 0.1) is 0 Å². The van der Waals surface area contributed by atoms with Gasteiger partial charge in [0.05, 0.1) is 22.6 Å². The second-order valence-electron chi connectivity index (χ2n) is 3.49. The van der Waals surface area contributed by atoms with Crippen molar-refractivity contribution in [3.05, 3.63) is 27.7 Å². The van der Waals surface area contributed by atoms with Crippen molar-refractivity contribution in [2.45, 2.75) is 20.0 Å². The van der Waals surface area contributed by atoms with E-state index in [4.69, 9.17) is 39.5 Å². The van der Waals surface area contributed by atoms with Gasteiger partial charge in [-0.3, -0.25) is 4.79 Å². The van der Waals surface area contributed by atoms with Gasteiger partial charge in [0.1, 0.15) is 5.75 Å². The lowest BCUT2D eigenvalue weighted by Gasteiger charge is -2.15. The van der Waals surface area contributed by atoms with Crippen LogP contribution in [-0.2, 0) is 0 Å². The third-order valence-corrected chi connectivity index (χ3v) is 2.53. The molecular formula is C11H11Cl3O2. The molecule has 5 heteroatoms. The van der Waals surface area contributed by atoms with Gasteiger partial charge < -0.3 is 4.74 Å². The predicted molar refractivity (Wildman–Crippen MR) is 67.3 cm³/mol. The molecule has 0 bridgehead atoms. The molecule has 0 saturated heterocycles. The number of ketones is 1. The molecule has 0 atom stereocenters. The molecule has 0 spiro atoms. The fraction of sp³-hybridized carbons (Fsp3) is 0.364. The van der Waals surface area contributed by atoms with Crippen LogP contribution >= 0.6 is 34.8 Å². The van der Waals surface area contributed by atoms with E-state index in [1.807, 2.05) is 13.8 Å². The average Bonchev–Trinajstić information content (AvgIpc) is 2.20. The largest absolute Gasteiger partial charge is 0.489 e. The molecule has 16 heavy (non-hydrogen) atoms. The lowest BCUT2D eigenvalue weighted by atomic mass is 10.1. The van der Waals surface area contributed by atoms with E-state index in [2.05, 4.69) is 0 Å². The van der Waals surface area contributed by atoms with Gasteiger partial charge in [-0.25, -0.2) is 0 Å². The molecule has 2 nitrogen and oxygen atoms in total. The molecule has 0 radical (unpaired) electrons. The first-order valence-corrected chi connectivity index (χ1v) is 5.99. The van der Waals surface area contributed by atoms with Crippen LogP contribution in [0.25, 0.3) is 0 Å². The third kappa shape index (κ3) is 3.27. The van der Waals surface area contributed by atoms with Crippen LogP contribution < -0.4 is 4.74 Å². The zero-order chi connectivity index (χ0) is 12.3. The summed E-state index contributed by atoms with van der Waals surface area (Å²) >= 11 is 17.3. The van der Waals surface area contributed by atoms with Crippen molar-refractivity contribution in [1.82, 2.24) is 0 Å². The molecule has 0 amide bonds. The van der Waals surface area contributed by atoms with Gasteiger partial charge in [0, 0.05) is 5.02 Å². The fourth-order valence-corrected chi connectivity index (χ4v) is 1.88. The summed E-state index contributed by atoms with van der Waals surface area (Å²) in [6, 6.07) is 3.04. The van der Waals surface area contributed by atoms with E-state index in [0.717, 1.165) is 0 Å². The molecule has 0 N–H and O–H groups in total. The zero-order valence-electron chi connectivity index (χ0n) is 8.89. The van der Waals surface area contributed by atoms with E-state index in [9.17, 15) is 4.79 Å². The Morgan fingerprint density at radius 1 is 1.38 bits per heavy atom. The van der Waals surface area contributed by atoms with E-state index in [1.165, 1.54) is 12.1 Å². The highest BCUT2D eigenvalue weighted by Gasteiger charge is 2.17. The lowest BCUT2D eigenvalue weighted by molar-refractivity contribution is 0.101. The number of alkyl halides is 1. The highest BCUT2D eigenvalue weighted by molar-refractivity contribution is 6.37. The number of carbonyl (C=O) groups excluding carboxylic acids is 1. The van der Waals surface area contributed by atoms with Gasteiger partial charge in [0.25, 0.3) is 0 Å². The number of ether oxygens (including phenoxy) is 1. The Morgan fingerprint density at radius 2 is 2.00 bits per heavy atom. The van der Waals surface area contributed by atoms with Crippen LogP contribution in [0.5, 0.6) is 5.75 Å². The molecule has 88 valence electrons. The molecule has 0 aliphatic heterocycles. The maximum absolute atomic E-state index is 11.6. The standard InChI is InChI=1S/C11H11Cl3O2/c1-6(2)16-11-8(10(15)5-12)3-7(13)4-9(11)14/h3-4,6H,5H2,1-2H3. The van der Waals surface area contributed by atoms with Crippen molar-refractivity contribution in [3.63, 3.8) is 0 Å². The highest BCUT2D eigenvalue weighted by Crippen LogP contribution is 2.33. The number of benzene rings is 1. The summed E-state index contributed by atoms with van der Waals surface area (Å²) < 4.78 is 5.48. The average molecular weight is 282 g/mol. The van der Waals surface area contributed by atoms with Crippen molar-refractivity contribution in [1.29, 1.82) is 0 Å². The molecule has 0 saturated carbocycles. The summed E-state index contributed by atoms with van der Waals surface area (Å²) in [5.74, 6) is -0.0566. The Morgan fingerprint density at radius 3 is 2.50 bits per heavy atom. The van der Waals surface area contributed by atoms with Gasteiger partial charge in [-0.15, -0.1) is 11.6 Å². The highest BCUT2D eigenvalue weighted by atomic mass is 35.5. The lowest BCUT2D eigenvalue weighted by Crippen LogP contribution is -2.11. The molecule has 0 aliphatic carbocycles. The fourth-order valence-electron chi connectivity index (χ4n) is 1.19. The minimum atomic E-state index is -0.262. The van der Waals surface area contributed by atoms with Gasteiger partial charge in [0.15, 0.2) is 5.78 Å². The summed E-state index contributed by atoms with van der Waals surface area (Å²) in [6.45, 7) is 3.69. The van der Waals surface area contributed by atoms with Gasteiger partial charge in [0.2, 0.25) is 0 Å². The van der Waals surface area contributed by atoms with Crippen LogP contribution in [0.2, 0.25) is 10.0 Å². The van der Waals surface area contributed by atoms with Crippen LogP contribution in [0.4, 0.5) is 0 Å². The minimum Gasteiger partial charge on any atom is -0.489 e. The summed E-state index contributed by atoms with van der Waals surface area (Å²) in [6.07, 6.45) is -0.0828. The Hall–Kier alpha value is -0.440. The van der Waals surface area contributed by atoms with Gasteiger partial charge >= 0.3 is 0 Å². The third-order valence-electron chi connectivity index (χ3n) is 1.78. The van der Waals surface area contributed by atoms with Crippen LogP contribution in [0.3, 0.4) is 0 Å². The number of Topliss-reactive ketones (excluding diaryl/α,β-unsaturated/α-hetero) is 1. The van der Waals surface area contributed by atoms with Crippen LogP contribution in [0.1, 0.15) is 24.2 Å². The van der Waals surface area contributed by atoms with Crippen molar-refractivity contribution >= 4 is 40.6 Å². The van der Waals surface area contributed by atoms with Crippen molar-refractivity contribution in [2.75, 3.05) is 5.88 Å². The second kappa shape index (κ2) is 5.76. The molecule has 0 aromatic heterocycles. The summed E-state index contributed by atoms with van der Waals surface area (Å²) in [5.41, 5.74) is 0.321. The smallest absolute Gasteiger partial charge is 0.181 e. The van der Waals surface area contributed by atoms with Gasteiger partial charge in [-0.05, 0) is 26.0 Å². The first-order chi connectivity index (χ1) is 7.45. The molecule has 1 aromatic rings. The van der Waals surface area contributed by atoms with Gasteiger partial charge in [-0.1, -0.05) is 23.2 Å². The van der Waals surface area contributed by atoms with E-state index in [-0.39, 0.29) is 17.8 Å². The van der Waals surface area contributed by atoms with Crippen LogP contribution in [0.15, 0.2) is 12.1 Å². The number of hydrogen-bond acceptors (Lipinski definition) is 2. The van der Waals surface area contributed by atoms with Crippen molar-refractivity contribution in [2.24, 2.45) is 0 Å². The first kappa shape index (κ1) is 13.6. The van der Waals surface area contributed by atoms with E-state index >= 15 is 0 Å². The van der Waals surface area contributed by atoms with Crippen LogP contribution in [-0.4, -0.2) is 17.8 Å². The monoisotopic (exact) mass is 280 g/mol. The quantitative estimate of drug-likeness (QED) is 0.610. The number of hydrogen-bond donors (Lipinski definition) is 0. The van der Waals surface area contributed by atoms with E-state index < -0.39 is 0 Å². The summed E-state index contributed by atoms with van der Waals surface area (Å²) in [5, 5.41) is 0.698. The topological polar surface area (TPSA) is 26.3 Å². The first-order valence-electron chi connectivity index (χ1n) is 4.70. The molecular weight excluding hydrogens is 270 g/mol. The Bertz CT molecular complexity index is 402. The molecule has 1 rings (SSSR count). The Labute approximate surface area is 109 Å². The molecule has 1 aromatic carbocycles. The SMILES string of the molecule is CC(C)Oc1c(Cl)cc(Cl)cc1C(=O)CCl. The minimum absolute atomic E-state index is 0.0828. The number of rotatable bonds is 4. The van der Waals surface area contributed by atoms with Gasteiger partial charge in [-0.2, -0.15) is 0 Å². The molecule has 0 heterocycles. The summed E-state index contributed by atoms with van der Waals surface area (Å²) in [4.78, 5) is 11.6. The zero-order valence-corrected chi connectivity index (χ0v) is 11.2. The second-order valence-corrected chi connectivity index (χ2v) is 4.60. The van der Waals surface area contributed by atoms with Crippen molar-refractivity contribution in [3.8, 4) is 5.75 Å². The van der Waals surface area contributed by atoms with Crippen molar-refractivity contribution < 1.29 is 9.53 Å². The van der Waals surface area contributed by atoms with E-state index in [1.54, 1.807) is 0 Å². The molecule has 0 aliphatic rings. The molecule has 0 fully saturated rings. The Kier molecular flexibility index (Phi) is 4.90. The maximum atomic E-state index is 11.6. The maximum Gasteiger partial charge on any atom is 0.181 e. The number of carbonyl (C=O) groups is 1. The van der Waals surface area contributed by atoms with E-state index in [0.29, 0.717) is 21.4 Å². The Balaban J connectivity index is 3.26. The normalized spacial score (nSPS) is 10.6. The molecule has 0 unspecified atom stereocenters. The summed E-state index contributed by atoms with van der Waals surface area (Å²) in [7, 11) is 0. The number of halogens is 3. The predicted octanol–water partition coefficient (Wildman–Crippen LogP) is 4.20.